The maximum absolute atomic E-state index is 12.4. The van der Waals surface area contributed by atoms with Crippen molar-refractivity contribution in [1.29, 1.82) is 0 Å². The highest BCUT2D eigenvalue weighted by molar-refractivity contribution is 7.17. The van der Waals surface area contributed by atoms with E-state index in [4.69, 9.17) is 25.2 Å². The van der Waals surface area contributed by atoms with E-state index in [1.54, 1.807) is 20.8 Å². The Hall–Kier alpha value is -2.31. The second-order valence-corrected chi connectivity index (χ2v) is 9.84. The lowest BCUT2D eigenvalue weighted by molar-refractivity contribution is -0.159. The first-order chi connectivity index (χ1) is 16.0. The van der Waals surface area contributed by atoms with Gasteiger partial charge in [-0.25, -0.2) is 9.36 Å². The fraction of sp³-hybridized carbons (Fsp3) is 0.696. The molecular formula is C23H33N2O8P. The lowest BCUT2D eigenvalue weighted by Gasteiger charge is -2.31. The summed E-state index contributed by atoms with van der Waals surface area (Å²) in [5, 5.41) is 0. The summed E-state index contributed by atoms with van der Waals surface area (Å²) >= 11 is 0. The number of esters is 1. The molecule has 1 fully saturated rings. The van der Waals surface area contributed by atoms with Crippen molar-refractivity contribution in [2.24, 2.45) is 16.7 Å². The molecule has 0 unspecified atom stereocenters. The van der Waals surface area contributed by atoms with Crippen LogP contribution < -0.4 is 11.2 Å². The Morgan fingerprint density at radius 2 is 2.09 bits per heavy atom. The third-order valence-corrected chi connectivity index (χ3v) is 6.34. The van der Waals surface area contributed by atoms with Gasteiger partial charge in [0.05, 0.1) is 29.6 Å². The van der Waals surface area contributed by atoms with Crippen LogP contribution in [-0.2, 0) is 28.1 Å². The van der Waals surface area contributed by atoms with Gasteiger partial charge in [0.2, 0.25) is 0 Å². The van der Waals surface area contributed by atoms with Crippen LogP contribution in [0.15, 0.2) is 21.9 Å². The average Bonchev–Trinajstić information content (AvgIpc) is 3.03. The van der Waals surface area contributed by atoms with Crippen molar-refractivity contribution in [2.75, 3.05) is 19.8 Å². The van der Waals surface area contributed by atoms with Crippen molar-refractivity contribution in [2.45, 2.75) is 65.9 Å². The molecule has 34 heavy (non-hydrogen) atoms. The molecule has 10 nitrogen and oxygen atoms in total. The molecule has 2 heterocycles. The van der Waals surface area contributed by atoms with E-state index in [1.807, 2.05) is 13.8 Å². The Labute approximate surface area is 200 Å². The van der Waals surface area contributed by atoms with Crippen LogP contribution in [0.2, 0.25) is 0 Å². The molecule has 0 bridgehead atoms. The molecule has 1 aliphatic rings. The van der Waals surface area contributed by atoms with Gasteiger partial charge in [0.15, 0.2) is 6.23 Å². The van der Waals surface area contributed by atoms with E-state index in [0.717, 1.165) is 0 Å². The summed E-state index contributed by atoms with van der Waals surface area (Å²) in [5.74, 6) is 2.17. The third kappa shape index (κ3) is 6.63. The standard InChI is InChI=1S/C23H33N2O8P/c1-7-23(6)16(9-12-30-13-10-22(4,5)20(27)32-15(2)3)17(14-31-34-29)33-19(23)25-11-8-18(26)24-21(25)28/h1,8,11,15-17,19H,9-10,12-14H2,2-6H3,(H,24,26,28)/t16-,17-,19-,23-/m1/s1. The Bertz CT molecular complexity index is 1010. The van der Waals surface area contributed by atoms with Crippen LogP contribution in [-0.4, -0.2) is 47.5 Å². The van der Waals surface area contributed by atoms with Crippen LogP contribution in [0, 0.1) is 29.1 Å². The summed E-state index contributed by atoms with van der Waals surface area (Å²) in [7, 11) is -0.501. The summed E-state index contributed by atoms with van der Waals surface area (Å²) in [6.45, 7) is 9.67. The third-order valence-electron chi connectivity index (χ3n) is 6.08. The number of aromatic amines is 1. The van der Waals surface area contributed by atoms with Gasteiger partial charge in [-0.3, -0.25) is 23.7 Å². The predicted octanol–water partition coefficient (Wildman–Crippen LogP) is 2.69. The zero-order chi connectivity index (χ0) is 25.5. The molecule has 0 spiro atoms. The molecule has 1 aromatic heterocycles. The Morgan fingerprint density at radius 3 is 2.68 bits per heavy atom. The number of hydrogen-bond acceptors (Lipinski definition) is 8. The van der Waals surface area contributed by atoms with Gasteiger partial charge in [-0.15, -0.1) is 6.42 Å². The first-order valence-corrected chi connectivity index (χ1v) is 11.9. The van der Waals surface area contributed by atoms with Gasteiger partial charge >= 0.3 is 20.3 Å². The molecule has 0 aromatic carbocycles. The number of H-pyrrole nitrogens is 1. The number of ether oxygens (including phenoxy) is 3. The van der Waals surface area contributed by atoms with Crippen molar-refractivity contribution >= 4 is 14.7 Å². The second-order valence-electron chi connectivity index (χ2n) is 9.44. The van der Waals surface area contributed by atoms with E-state index in [1.165, 1.54) is 16.8 Å². The summed E-state index contributed by atoms with van der Waals surface area (Å²) in [6, 6.07) is 1.21. The summed E-state index contributed by atoms with van der Waals surface area (Å²) in [4.78, 5) is 38.3. The van der Waals surface area contributed by atoms with E-state index in [9.17, 15) is 18.9 Å². The molecule has 0 amide bonds. The zero-order valence-corrected chi connectivity index (χ0v) is 21.1. The van der Waals surface area contributed by atoms with Crippen LogP contribution in [0.5, 0.6) is 0 Å². The normalized spacial score (nSPS) is 24.9. The molecule has 188 valence electrons. The van der Waals surface area contributed by atoms with Gasteiger partial charge in [0.25, 0.3) is 5.56 Å². The Morgan fingerprint density at radius 1 is 1.38 bits per heavy atom. The summed E-state index contributed by atoms with van der Waals surface area (Å²) < 4.78 is 34.3. The number of nitrogens with one attached hydrogen (secondary N) is 1. The smallest absolute Gasteiger partial charge is 0.330 e. The number of rotatable bonds is 12. The highest BCUT2D eigenvalue weighted by Crippen LogP contribution is 2.50. The highest BCUT2D eigenvalue weighted by atomic mass is 31.1. The van der Waals surface area contributed by atoms with E-state index < -0.39 is 43.1 Å². The van der Waals surface area contributed by atoms with Crippen molar-refractivity contribution in [3.63, 3.8) is 0 Å². The van der Waals surface area contributed by atoms with Crippen LogP contribution in [0.4, 0.5) is 0 Å². The minimum Gasteiger partial charge on any atom is -0.463 e. The summed E-state index contributed by atoms with van der Waals surface area (Å²) in [5.41, 5.74) is -2.81. The van der Waals surface area contributed by atoms with E-state index in [0.29, 0.717) is 26.1 Å². The van der Waals surface area contributed by atoms with Crippen LogP contribution >= 0.6 is 8.69 Å². The lowest BCUT2D eigenvalue weighted by Crippen LogP contribution is -2.38. The molecule has 0 aliphatic carbocycles. The average molecular weight is 496 g/mol. The molecule has 11 heteroatoms. The number of hydrogen-bond donors (Lipinski definition) is 1. The maximum Gasteiger partial charge on any atom is 0.330 e. The zero-order valence-electron chi connectivity index (χ0n) is 20.2. The van der Waals surface area contributed by atoms with E-state index in [2.05, 4.69) is 10.9 Å². The largest absolute Gasteiger partial charge is 0.463 e. The van der Waals surface area contributed by atoms with Gasteiger partial charge in [0, 0.05) is 31.4 Å². The Kier molecular flexibility index (Phi) is 9.77. The molecule has 4 atom stereocenters. The first kappa shape index (κ1) is 27.9. The van der Waals surface area contributed by atoms with Crippen molar-refractivity contribution in [3.8, 4) is 12.3 Å². The highest BCUT2D eigenvalue weighted by Gasteiger charge is 2.53. The molecule has 1 aliphatic heterocycles. The monoisotopic (exact) mass is 496 g/mol. The molecule has 0 radical (unpaired) electrons. The second kappa shape index (κ2) is 11.9. The topological polar surface area (TPSA) is 126 Å². The first-order valence-electron chi connectivity index (χ1n) is 11.1. The molecule has 1 N–H and O–H groups in total. The van der Waals surface area contributed by atoms with Crippen molar-refractivity contribution < 1.29 is 28.1 Å². The number of terminal acetylenes is 1. The minimum absolute atomic E-state index is 0.00430. The van der Waals surface area contributed by atoms with E-state index >= 15 is 0 Å². The van der Waals surface area contributed by atoms with Crippen molar-refractivity contribution in [3.05, 3.63) is 33.1 Å². The number of carbonyl (C=O) groups excluding carboxylic acids is 1. The van der Waals surface area contributed by atoms with Gasteiger partial charge in [-0.2, -0.15) is 0 Å². The van der Waals surface area contributed by atoms with Crippen LogP contribution in [0.1, 0.15) is 53.7 Å². The fourth-order valence-electron chi connectivity index (χ4n) is 3.98. The Balaban J connectivity index is 2.09. The van der Waals surface area contributed by atoms with Crippen LogP contribution in [0.25, 0.3) is 0 Å². The fourth-order valence-corrected chi connectivity index (χ4v) is 4.18. The van der Waals surface area contributed by atoms with Crippen molar-refractivity contribution in [1.82, 2.24) is 9.55 Å². The molecule has 1 saturated heterocycles. The molecule has 2 rings (SSSR count). The SMILES string of the molecule is C#C[C@]1(C)[C@H](CCOCCC(C)(C)C(=O)OC(C)C)[C@@H](COP=O)O[C@H]1n1ccc(=O)[nH]c1=O. The van der Waals surface area contributed by atoms with Gasteiger partial charge in [-0.05, 0) is 47.5 Å². The van der Waals surface area contributed by atoms with E-state index in [-0.39, 0.29) is 24.6 Å². The minimum atomic E-state index is -0.945. The quantitative estimate of drug-likeness (QED) is 0.203. The van der Waals surface area contributed by atoms with Gasteiger partial charge in [0.1, 0.15) is 0 Å². The molecule has 1 aromatic rings. The van der Waals surface area contributed by atoms with Crippen LogP contribution in [0.3, 0.4) is 0 Å². The summed E-state index contributed by atoms with van der Waals surface area (Å²) in [6.07, 6.45) is 6.57. The number of carbonyl (C=O) groups is 1. The molecule has 0 saturated carbocycles. The number of nitrogens with zero attached hydrogens (tertiary/aromatic N) is 1. The molecular weight excluding hydrogens is 463 g/mol. The number of aromatic nitrogens is 2. The predicted molar refractivity (Wildman–Crippen MR) is 124 cm³/mol. The van der Waals surface area contributed by atoms with Gasteiger partial charge in [-0.1, -0.05) is 5.92 Å². The van der Waals surface area contributed by atoms with Gasteiger partial charge < -0.3 is 14.2 Å². The lowest BCUT2D eigenvalue weighted by atomic mass is 9.74. The maximum atomic E-state index is 12.4.